The van der Waals surface area contributed by atoms with Crippen LogP contribution in [0.3, 0.4) is 0 Å². The minimum absolute atomic E-state index is 0.0674. The number of likely N-dealkylation sites (tertiary alicyclic amines) is 1. The second kappa shape index (κ2) is 11.1. The molecule has 1 fully saturated rings. The van der Waals surface area contributed by atoms with E-state index in [1.807, 2.05) is 36.4 Å². The van der Waals surface area contributed by atoms with E-state index < -0.39 is 6.04 Å². The summed E-state index contributed by atoms with van der Waals surface area (Å²) in [6.07, 6.45) is 2.90. The van der Waals surface area contributed by atoms with Gasteiger partial charge in [0.1, 0.15) is 5.75 Å². The Balaban J connectivity index is 1.76. The van der Waals surface area contributed by atoms with E-state index in [0.29, 0.717) is 49.8 Å². The van der Waals surface area contributed by atoms with Crippen molar-refractivity contribution >= 4 is 17.6 Å². The molecule has 1 aliphatic heterocycles. The summed E-state index contributed by atoms with van der Waals surface area (Å²) in [4.78, 5) is 32.6. The van der Waals surface area contributed by atoms with Crippen LogP contribution in [0.4, 0.5) is 0 Å². The van der Waals surface area contributed by atoms with Gasteiger partial charge in [0.2, 0.25) is 0 Å². The average Bonchev–Trinajstić information content (AvgIpc) is 2.86. The van der Waals surface area contributed by atoms with Crippen molar-refractivity contribution in [1.82, 2.24) is 14.5 Å². The number of hydrogen-bond acceptors (Lipinski definition) is 6. The van der Waals surface area contributed by atoms with E-state index >= 15 is 0 Å². The largest absolute Gasteiger partial charge is 0.507 e. The summed E-state index contributed by atoms with van der Waals surface area (Å²) in [5, 5.41) is 11.6. The molecule has 1 aliphatic rings. The zero-order chi connectivity index (χ0) is 24.9. The van der Waals surface area contributed by atoms with Gasteiger partial charge in [-0.25, -0.2) is 0 Å². The van der Waals surface area contributed by atoms with Gasteiger partial charge < -0.3 is 14.4 Å². The number of nitrogens with zero attached hydrogens (tertiary/aromatic N) is 3. The molecule has 3 aromatic rings. The normalized spacial score (nSPS) is 15.6. The molecule has 3 heterocycles. The van der Waals surface area contributed by atoms with Gasteiger partial charge in [-0.1, -0.05) is 35.9 Å². The highest BCUT2D eigenvalue weighted by Crippen LogP contribution is 2.38. The Hall–Kier alpha value is -3.16. The molecule has 0 saturated carbocycles. The van der Waals surface area contributed by atoms with Crippen molar-refractivity contribution in [3.63, 3.8) is 0 Å². The quantitative estimate of drug-likeness (QED) is 0.491. The molecule has 4 rings (SSSR count). The Kier molecular flexibility index (Phi) is 7.88. The first-order valence-electron chi connectivity index (χ1n) is 11.9. The van der Waals surface area contributed by atoms with Crippen LogP contribution in [0.1, 0.15) is 48.3 Å². The summed E-state index contributed by atoms with van der Waals surface area (Å²) in [5.74, 6) is -0.426. The molecule has 0 aliphatic carbocycles. The van der Waals surface area contributed by atoms with Gasteiger partial charge in [-0.15, -0.1) is 0 Å². The smallest absolute Gasteiger partial charge is 0.309 e. The van der Waals surface area contributed by atoms with Crippen molar-refractivity contribution in [3.8, 4) is 5.75 Å². The van der Waals surface area contributed by atoms with Crippen molar-refractivity contribution in [2.45, 2.75) is 39.3 Å². The number of aryl methyl sites for hydroxylation is 1. The Morgan fingerprint density at radius 3 is 2.57 bits per heavy atom. The minimum Gasteiger partial charge on any atom is -0.507 e. The molecule has 7 nitrogen and oxygen atoms in total. The number of carbonyl (C=O) groups is 1. The Morgan fingerprint density at radius 2 is 1.91 bits per heavy atom. The van der Waals surface area contributed by atoms with Crippen LogP contribution >= 0.6 is 11.6 Å². The highest BCUT2D eigenvalue weighted by molar-refractivity contribution is 6.31. The summed E-state index contributed by atoms with van der Waals surface area (Å²) in [6.45, 7) is 5.37. The molecule has 1 atom stereocenters. The fourth-order valence-electron chi connectivity index (χ4n) is 4.76. The number of piperidine rings is 1. The maximum Gasteiger partial charge on any atom is 0.309 e. The number of aromatic hydroxyl groups is 1. The Bertz CT molecular complexity index is 1240. The van der Waals surface area contributed by atoms with Gasteiger partial charge in [0.25, 0.3) is 5.56 Å². The van der Waals surface area contributed by atoms with Crippen LogP contribution in [0.15, 0.2) is 59.5 Å². The summed E-state index contributed by atoms with van der Waals surface area (Å²) < 4.78 is 6.84. The summed E-state index contributed by atoms with van der Waals surface area (Å²) in [7, 11) is 0. The second-order valence-corrected chi connectivity index (χ2v) is 9.19. The van der Waals surface area contributed by atoms with E-state index in [0.717, 1.165) is 11.3 Å². The minimum atomic E-state index is -0.560. The number of hydrogen-bond donors (Lipinski definition) is 1. The zero-order valence-corrected chi connectivity index (χ0v) is 20.7. The van der Waals surface area contributed by atoms with Gasteiger partial charge in [0.15, 0.2) is 0 Å². The van der Waals surface area contributed by atoms with E-state index in [1.165, 1.54) is 0 Å². The zero-order valence-electron chi connectivity index (χ0n) is 20.0. The molecule has 0 amide bonds. The Labute approximate surface area is 209 Å². The monoisotopic (exact) mass is 495 g/mol. The molecule has 0 radical (unpaired) electrons. The lowest BCUT2D eigenvalue weighted by molar-refractivity contribution is -0.149. The predicted octanol–water partition coefficient (Wildman–Crippen LogP) is 4.32. The van der Waals surface area contributed by atoms with Gasteiger partial charge in [-0.3, -0.25) is 19.5 Å². The molecule has 0 spiro atoms. The number of pyridine rings is 2. The van der Waals surface area contributed by atoms with Crippen molar-refractivity contribution in [2.24, 2.45) is 5.92 Å². The second-order valence-electron chi connectivity index (χ2n) is 8.78. The lowest BCUT2D eigenvalue weighted by Crippen LogP contribution is -2.42. The fraction of sp³-hybridized carbons (Fsp3) is 0.370. The van der Waals surface area contributed by atoms with Crippen molar-refractivity contribution in [1.29, 1.82) is 0 Å². The van der Waals surface area contributed by atoms with Crippen molar-refractivity contribution in [2.75, 3.05) is 19.7 Å². The predicted molar refractivity (Wildman–Crippen MR) is 135 cm³/mol. The van der Waals surface area contributed by atoms with Crippen LogP contribution in [-0.2, 0) is 16.1 Å². The van der Waals surface area contributed by atoms with Crippen LogP contribution < -0.4 is 5.56 Å². The van der Waals surface area contributed by atoms with Crippen LogP contribution in [0, 0.1) is 12.8 Å². The molecule has 1 N–H and O–H groups in total. The topological polar surface area (TPSA) is 84.7 Å². The van der Waals surface area contributed by atoms with Gasteiger partial charge in [-0.05, 0) is 69.6 Å². The third-order valence-corrected chi connectivity index (χ3v) is 6.90. The molecule has 2 aromatic heterocycles. The third kappa shape index (κ3) is 5.41. The standard InChI is InChI=1S/C27H30ClN3O4/c1-3-35-27(34)19-11-14-30(15-12-19)25(21-9-4-5-10-22(21)28)24-23(32)16-18(2)31(26(24)33)17-20-8-6-7-13-29-20/h4-10,13,16,19,25,32H,3,11-12,14-15,17H2,1-2H3/t25-/m0/s1. The number of aromatic nitrogens is 2. The van der Waals surface area contributed by atoms with Gasteiger partial charge in [0, 0.05) is 16.9 Å². The van der Waals surface area contributed by atoms with E-state index in [1.54, 1.807) is 36.7 Å². The first-order chi connectivity index (χ1) is 16.9. The number of esters is 1. The molecule has 1 saturated heterocycles. The van der Waals surface area contributed by atoms with E-state index in [2.05, 4.69) is 9.88 Å². The SMILES string of the molecule is CCOC(=O)C1CCN([C@@H](c2ccccc2Cl)c2c(O)cc(C)n(Cc3ccccn3)c2=O)CC1. The highest BCUT2D eigenvalue weighted by atomic mass is 35.5. The fourth-order valence-corrected chi connectivity index (χ4v) is 5.00. The van der Waals surface area contributed by atoms with Gasteiger partial charge in [0.05, 0.1) is 36.4 Å². The van der Waals surface area contributed by atoms with Gasteiger partial charge >= 0.3 is 5.97 Å². The molecular formula is C27H30ClN3O4. The number of halogens is 1. The van der Waals surface area contributed by atoms with Crippen molar-refractivity contribution in [3.05, 3.63) is 92.6 Å². The number of carbonyl (C=O) groups excluding carboxylic acids is 1. The number of ether oxygens (including phenoxy) is 1. The molecule has 184 valence electrons. The maximum atomic E-state index is 13.9. The first kappa shape index (κ1) is 24.9. The third-order valence-electron chi connectivity index (χ3n) is 6.56. The number of benzene rings is 1. The molecule has 8 heteroatoms. The van der Waals surface area contributed by atoms with E-state index in [9.17, 15) is 14.7 Å². The maximum absolute atomic E-state index is 13.9. The average molecular weight is 496 g/mol. The summed E-state index contributed by atoms with van der Waals surface area (Å²) in [6, 6.07) is 14.0. The molecule has 1 aromatic carbocycles. The molecule has 0 bridgehead atoms. The highest BCUT2D eigenvalue weighted by Gasteiger charge is 2.35. The van der Waals surface area contributed by atoms with Crippen molar-refractivity contribution < 1.29 is 14.6 Å². The summed E-state index contributed by atoms with van der Waals surface area (Å²) >= 11 is 6.61. The van der Waals surface area contributed by atoms with Crippen LogP contribution in [0.5, 0.6) is 5.75 Å². The van der Waals surface area contributed by atoms with Crippen LogP contribution in [0.2, 0.25) is 5.02 Å². The van der Waals surface area contributed by atoms with Crippen LogP contribution in [0.25, 0.3) is 0 Å². The van der Waals surface area contributed by atoms with Crippen LogP contribution in [-0.4, -0.2) is 45.2 Å². The van der Waals surface area contributed by atoms with E-state index in [-0.39, 0.29) is 28.8 Å². The lowest BCUT2D eigenvalue weighted by Gasteiger charge is -2.37. The number of rotatable bonds is 7. The summed E-state index contributed by atoms with van der Waals surface area (Å²) in [5.41, 5.74) is 2.11. The molecule has 35 heavy (non-hydrogen) atoms. The van der Waals surface area contributed by atoms with Gasteiger partial charge in [-0.2, -0.15) is 0 Å². The van der Waals surface area contributed by atoms with E-state index in [4.69, 9.17) is 16.3 Å². The molecular weight excluding hydrogens is 466 g/mol. The lowest BCUT2D eigenvalue weighted by atomic mass is 9.91. The Morgan fingerprint density at radius 1 is 1.20 bits per heavy atom. The first-order valence-corrected chi connectivity index (χ1v) is 12.3. The molecule has 0 unspecified atom stereocenters.